The number of likely N-dealkylation sites (N-methyl/N-ethyl adjacent to an activating group) is 1. The highest BCUT2D eigenvalue weighted by molar-refractivity contribution is 5.88. The van der Waals surface area contributed by atoms with E-state index in [9.17, 15) is 30.4 Å². The van der Waals surface area contributed by atoms with Gasteiger partial charge in [0.25, 0.3) is 0 Å². The molecule has 3 heterocycles. The Morgan fingerprint density at radius 2 is 1.49 bits per heavy atom. The summed E-state index contributed by atoms with van der Waals surface area (Å²) < 4.78 is 44.1. The summed E-state index contributed by atoms with van der Waals surface area (Å²) in [5.74, 6) is -3.82. The lowest BCUT2D eigenvalue weighted by atomic mass is 9.73. The molecule has 53 heavy (non-hydrogen) atoms. The SMILES string of the molecule is CCC1OC(=O)[C@H](C)C(O[C@H]2C[C@@](C)(OC)[C@@H](O)[C@H](C)O2)[C@H](C)[C@@H](O[C@@H]2O[C@H](C)C[C@H](N(C)C)[C@H]2O)[C@](C)(OC)C[C@@H](C)/C(=N/O)[C@H](C)[C@@H](O)[C@]1(C)O. The molecule has 3 fully saturated rings. The summed E-state index contributed by atoms with van der Waals surface area (Å²) in [4.78, 5) is 16.2. The number of ether oxygens (including phenoxy) is 7. The summed E-state index contributed by atoms with van der Waals surface area (Å²) in [6, 6.07) is -0.282. The van der Waals surface area contributed by atoms with Gasteiger partial charge in [-0.2, -0.15) is 0 Å². The number of oxime groups is 1. The molecule has 0 aromatic carbocycles. The van der Waals surface area contributed by atoms with Crippen molar-refractivity contribution in [1.29, 1.82) is 0 Å². The van der Waals surface area contributed by atoms with Crippen LogP contribution in [0.25, 0.3) is 0 Å². The van der Waals surface area contributed by atoms with Crippen LogP contribution in [0.3, 0.4) is 0 Å². The van der Waals surface area contributed by atoms with Gasteiger partial charge in [0.05, 0.1) is 53.4 Å². The predicted molar refractivity (Wildman–Crippen MR) is 195 cm³/mol. The van der Waals surface area contributed by atoms with Crippen molar-refractivity contribution in [3.63, 3.8) is 0 Å². The Hall–Kier alpha value is -1.50. The molecule has 2 unspecified atom stereocenters. The summed E-state index contributed by atoms with van der Waals surface area (Å²) in [5, 5.41) is 59.8. The van der Waals surface area contributed by atoms with Gasteiger partial charge in [-0.3, -0.25) is 4.79 Å². The Bertz CT molecular complexity index is 1220. The summed E-state index contributed by atoms with van der Waals surface area (Å²) in [6.45, 7) is 17.3. The van der Waals surface area contributed by atoms with Crippen molar-refractivity contribution >= 4 is 11.7 Å². The third-order valence-corrected chi connectivity index (χ3v) is 12.4. The highest BCUT2D eigenvalue weighted by atomic mass is 16.7. The van der Waals surface area contributed by atoms with Crippen molar-refractivity contribution in [2.24, 2.45) is 28.8 Å². The molecule has 15 nitrogen and oxygen atoms in total. The highest BCUT2D eigenvalue weighted by Crippen LogP contribution is 2.42. The molecule has 0 aromatic rings. The quantitative estimate of drug-likeness (QED) is 0.137. The number of hydrogen-bond donors (Lipinski definition) is 5. The minimum absolute atomic E-state index is 0.128. The van der Waals surface area contributed by atoms with Crippen LogP contribution in [-0.2, 0) is 38.0 Å². The Kier molecular flexibility index (Phi) is 15.7. The zero-order valence-electron chi connectivity index (χ0n) is 34.4. The molecule has 5 N–H and O–H groups in total. The van der Waals surface area contributed by atoms with E-state index < -0.39 is 102 Å². The van der Waals surface area contributed by atoms with Crippen LogP contribution in [0.1, 0.15) is 94.9 Å². The number of aliphatic hydroxyl groups excluding tert-OH is 3. The standard InChI is InChI=1S/C38H70N2O13/c1-15-26-38(10,45)31(42)21(4)28(39-46)19(2)17-37(9,48-14)33(53-35-29(41)25(40(11)12)16-20(3)49-35)22(5)30(23(6)34(44)51-26)52-27-18-36(8,47-13)32(43)24(7)50-27/h19-27,29-33,35,41-43,45-46H,15-18H2,1-14H3/b39-28-/t19-,20-,21+,22+,23-,24+,25+,26?,27+,29-,30?,31-,32+,33-,35+,36-,37-,38-/m1/s1. The van der Waals surface area contributed by atoms with Gasteiger partial charge in [-0.15, -0.1) is 0 Å². The molecule has 0 aliphatic carbocycles. The van der Waals surface area contributed by atoms with Crippen LogP contribution in [0.4, 0.5) is 0 Å². The molecule has 15 heteroatoms. The molecule has 0 bridgehead atoms. The third-order valence-electron chi connectivity index (χ3n) is 12.4. The van der Waals surface area contributed by atoms with Gasteiger partial charge >= 0.3 is 5.97 Å². The largest absolute Gasteiger partial charge is 0.459 e. The average molecular weight is 763 g/mol. The first-order chi connectivity index (χ1) is 24.5. The van der Waals surface area contributed by atoms with Crippen LogP contribution in [0.5, 0.6) is 0 Å². The molecule has 3 saturated heterocycles. The van der Waals surface area contributed by atoms with Crippen LogP contribution >= 0.6 is 0 Å². The number of nitrogens with zero attached hydrogens (tertiary/aromatic N) is 2. The molecule has 0 aromatic heterocycles. The molecule has 0 saturated carbocycles. The minimum atomic E-state index is -1.94. The van der Waals surface area contributed by atoms with E-state index in [4.69, 9.17) is 33.2 Å². The number of carbonyl (C=O) groups is 1. The van der Waals surface area contributed by atoms with E-state index in [1.807, 2.05) is 46.7 Å². The van der Waals surface area contributed by atoms with Crippen molar-refractivity contribution in [3.8, 4) is 0 Å². The van der Waals surface area contributed by atoms with Gasteiger partial charge in [-0.1, -0.05) is 32.9 Å². The lowest BCUT2D eigenvalue weighted by Gasteiger charge is -2.50. The Morgan fingerprint density at radius 1 is 0.887 bits per heavy atom. The van der Waals surface area contributed by atoms with Crippen LogP contribution in [0.2, 0.25) is 0 Å². The summed E-state index contributed by atoms with van der Waals surface area (Å²) in [6.07, 6.45) is -8.53. The topological polar surface area (TPSA) is 198 Å². The summed E-state index contributed by atoms with van der Waals surface area (Å²) in [5.41, 5.74) is -3.99. The van der Waals surface area contributed by atoms with Gasteiger partial charge in [0, 0.05) is 44.4 Å². The van der Waals surface area contributed by atoms with Crippen LogP contribution in [0, 0.1) is 23.7 Å². The maximum Gasteiger partial charge on any atom is 0.311 e. The number of rotatable bonds is 8. The Balaban J connectivity index is 2.25. The number of hydrogen-bond acceptors (Lipinski definition) is 15. The third kappa shape index (κ3) is 9.73. The highest BCUT2D eigenvalue weighted by Gasteiger charge is 2.54. The van der Waals surface area contributed by atoms with Crippen LogP contribution < -0.4 is 0 Å². The van der Waals surface area contributed by atoms with Crippen molar-refractivity contribution in [3.05, 3.63) is 0 Å². The number of carbonyl (C=O) groups excluding carboxylic acids is 1. The predicted octanol–water partition coefficient (Wildman–Crippen LogP) is 2.70. The van der Waals surface area contributed by atoms with Crippen LogP contribution in [-0.4, -0.2) is 155 Å². The molecule has 0 radical (unpaired) electrons. The van der Waals surface area contributed by atoms with Crippen molar-refractivity contribution < 1.29 is 63.6 Å². The van der Waals surface area contributed by atoms with Crippen molar-refractivity contribution in [2.75, 3.05) is 28.3 Å². The zero-order valence-corrected chi connectivity index (χ0v) is 34.4. The van der Waals surface area contributed by atoms with E-state index in [1.165, 1.54) is 21.1 Å². The minimum Gasteiger partial charge on any atom is -0.459 e. The van der Waals surface area contributed by atoms with Gasteiger partial charge in [0.2, 0.25) is 0 Å². The lowest BCUT2D eigenvalue weighted by Crippen LogP contribution is -2.61. The van der Waals surface area contributed by atoms with Crippen molar-refractivity contribution in [1.82, 2.24) is 4.90 Å². The van der Waals surface area contributed by atoms with Crippen molar-refractivity contribution in [2.45, 2.75) is 179 Å². The number of methoxy groups -OCH3 is 2. The first kappa shape index (κ1) is 45.9. The zero-order chi connectivity index (χ0) is 40.4. The first-order valence-corrected chi connectivity index (χ1v) is 19.1. The van der Waals surface area contributed by atoms with Gasteiger partial charge in [0.1, 0.15) is 23.9 Å². The fraction of sp³-hybridized carbons (Fsp3) is 0.947. The molecule has 3 aliphatic rings. The van der Waals surface area contributed by atoms with Gasteiger partial charge < -0.3 is 63.7 Å². The molecule has 18 atom stereocenters. The second-order valence-electron chi connectivity index (χ2n) is 16.8. The normalized spacial score (nSPS) is 49.1. The summed E-state index contributed by atoms with van der Waals surface area (Å²) >= 11 is 0. The smallest absolute Gasteiger partial charge is 0.311 e. The molecule has 3 rings (SSSR count). The fourth-order valence-corrected chi connectivity index (χ4v) is 8.78. The second kappa shape index (κ2) is 18.2. The van der Waals surface area contributed by atoms with E-state index in [2.05, 4.69) is 5.16 Å². The number of aliphatic hydroxyl groups is 4. The molecular formula is C38H70N2O13. The van der Waals surface area contributed by atoms with E-state index in [0.29, 0.717) is 6.42 Å². The van der Waals surface area contributed by atoms with Gasteiger partial charge in [0.15, 0.2) is 12.6 Å². The Labute approximate surface area is 316 Å². The molecule has 0 amide bonds. The van der Waals surface area contributed by atoms with Crippen LogP contribution in [0.15, 0.2) is 5.16 Å². The van der Waals surface area contributed by atoms with E-state index in [-0.39, 0.29) is 37.1 Å². The number of esters is 1. The maximum atomic E-state index is 14.2. The average Bonchev–Trinajstić information content (AvgIpc) is 3.10. The fourth-order valence-electron chi connectivity index (χ4n) is 8.78. The monoisotopic (exact) mass is 762 g/mol. The Morgan fingerprint density at radius 3 is 2.02 bits per heavy atom. The van der Waals surface area contributed by atoms with Gasteiger partial charge in [-0.05, 0) is 74.9 Å². The second-order valence-corrected chi connectivity index (χ2v) is 16.8. The molecule has 3 aliphatic heterocycles. The van der Waals surface area contributed by atoms with E-state index >= 15 is 0 Å². The maximum absolute atomic E-state index is 14.2. The van der Waals surface area contributed by atoms with E-state index in [1.54, 1.807) is 34.6 Å². The first-order valence-electron chi connectivity index (χ1n) is 19.1. The lowest BCUT2D eigenvalue weighted by molar-refractivity contribution is -0.319. The number of cyclic esters (lactones) is 1. The van der Waals surface area contributed by atoms with Gasteiger partial charge in [-0.25, -0.2) is 0 Å². The molecular weight excluding hydrogens is 692 g/mol. The molecule has 0 spiro atoms. The molecule has 310 valence electrons. The summed E-state index contributed by atoms with van der Waals surface area (Å²) in [7, 11) is 6.80. The van der Waals surface area contributed by atoms with E-state index in [0.717, 1.165) is 0 Å².